The highest BCUT2D eigenvalue weighted by molar-refractivity contribution is 7.17. The van der Waals surface area contributed by atoms with Gasteiger partial charge in [0.2, 0.25) is 10.8 Å². The fraction of sp³-hybridized carbons (Fsp3) is 0.222. The predicted octanol–water partition coefficient (Wildman–Crippen LogP) is 4.31. The summed E-state index contributed by atoms with van der Waals surface area (Å²) in [7, 11) is 0. The van der Waals surface area contributed by atoms with Crippen molar-refractivity contribution in [1.82, 2.24) is 19.8 Å². The van der Waals surface area contributed by atoms with E-state index in [1.54, 1.807) is 22.7 Å². The molecule has 3 aromatic heterocycles. The van der Waals surface area contributed by atoms with Crippen molar-refractivity contribution in [2.24, 2.45) is 0 Å². The van der Waals surface area contributed by atoms with Gasteiger partial charge in [-0.25, -0.2) is 9.31 Å². The van der Waals surface area contributed by atoms with Crippen LogP contribution in [0.5, 0.6) is 0 Å². The molecule has 27 heavy (non-hydrogen) atoms. The quantitative estimate of drug-likeness (QED) is 0.564. The Morgan fingerprint density at radius 2 is 2.04 bits per heavy atom. The second-order valence-corrected chi connectivity index (χ2v) is 7.18. The van der Waals surface area contributed by atoms with Crippen molar-refractivity contribution >= 4 is 28.1 Å². The minimum atomic E-state index is -1.01. The van der Waals surface area contributed by atoms with Crippen LogP contribution in [0.25, 0.3) is 16.5 Å². The minimum absolute atomic E-state index is 0.379. The Bertz CT molecular complexity index is 1110. The summed E-state index contributed by atoms with van der Waals surface area (Å²) in [6.45, 7) is 5.58. The van der Waals surface area contributed by atoms with Crippen LogP contribution in [0.2, 0.25) is 0 Å². The smallest absolute Gasteiger partial charge is 0.412 e. The van der Waals surface area contributed by atoms with Gasteiger partial charge in [-0.05, 0) is 32.9 Å². The first-order valence-electron chi connectivity index (χ1n) is 8.32. The van der Waals surface area contributed by atoms with Gasteiger partial charge >= 0.3 is 6.09 Å². The summed E-state index contributed by atoms with van der Waals surface area (Å²) in [6.07, 6.45) is -1.01. The molecule has 0 fully saturated rings. The molecule has 3 heterocycles. The Morgan fingerprint density at radius 1 is 1.30 bits per heavy atom. The van der Waals surface area contributed by atoms with Crippen molar-refractivity contribution in [3.8, 4) is 11.5 Å². The van der Waals surface area contributed by atoms with Crippen LogP contribution < -0.4 is 4.90 Å². The van der Waals surface area contributed by atoms with E-state index in [2.05, 4.69) is 15.2 Å². The molecule has 1 N–H and O–H groups in total. The number of hydrogen-bond donors (Lipinski definition) is 1. The maximum atomic E-state index is 11.9. The van der Waals surface area contributed by atoms with Gasteiger partial charge in [-0.1, -0.05) is 34.7 Å². The van der Waals surface area contributed by atoms with E-state index < -0.39 is 6.09 Å². The molecule has 0 bridgehead atoms. The number of carbonyl (C=O) groups is 1. The van der Waals surface area contributed by atoms with Crippen molar-refractivity contribution < 1.29 is 14.4 Å². The maximum absolute atomic E-state index is 11.9. The molecule has 0 spiro atoms. The Labute approximate surface area is 158 Å². The van der Waals surface area contributed by atoms with Crippen molar-refractivity contribution in [2.45, 2.75) is 26.8 Å². The van der Waals surface area contributed by atoms with Crippen LogP contribution in [0.15, 0.2) is 40.9 Å². The number of aromatic nitrogens is 4. The maximum Gasteiger partial charge on any atom is 0.412 e. The third-order valence-corrected chi connectivity index (χ3v) is 5.62. The number of para-hydroxylation sites is 1. The Hall–Kier alpha value is -3.20. The van der Waals surface area contributed by atoms with Gasteiger partial charge in [-0.3, -0.25) is 4.90 Å². The first-order chi connectivity index (χ1) is 13.0. The van der Waals surface area contributed by atoms with Crippen molar-refractivity contribution in [3.05, 3.63) is 52.7 Å². The number of fused-ring (bicyclic) bond motifs is 1. The average molecular weight is 383 g/mol. The molecule has 1 aromatic carbocycles. The molecule has 4 rings (SSSR count). The summed E-state index contributed by atoms with van der Waals surface area (Å²) in [5.41, 5.74) is 2.05. The molecule has 1 unspecified atom stereocenters. The third-order valence-electron chi connectivity index (χ3n) is 4.32. The number of rotatable bonds is 4. The molecule has 0 aliphatic rings. The zero-order valence-corrected chi connectivity index (χ0v) is 15.8. The van der Waals surface area contributed by atoms with Gasteiger partial charge in [0.1, 0.15) is 5.76 Å². The average Bonchev–Trinajstić information content (AvgIpc) is 3.32. The highest BCUT2D eigenvalue weighted by Crippen LogP contribution is 2.34. The molecule has 138 valence electrons. The molecule has 0 radical (unpaired) electrons. The van der Waals surface area contributed by atoms with Crippen LogP contribution in [0.4, 0.5) is 10.5 Å². The monoisotopic (exact) mass is 383 g/mol. The number of hydrogen-bond acceptors (Lipinski definition) is 6. The molecule has 0 aliphatic carbocycles. The summed E-state index contributed by atoms with van der Waals surface area (Å²) < 4.78 is 6.81. The fourth-order valence-electron chi connectivity index (χ4n) is 3.03. The molecule has 1 atom stereocenters. The normalized spacial score (nSPS) is 12.4. The standard InChI is InChI=1S/C18H17N5O3S/c1-10-9-14(21-26-10)16-19-17-23(20-16)12(3)15(27-17)11(2)22(18(24)25)13-7-5-4-6-8-13/h4-9,11H,1-3H3,(H,24,25). The van der Waals surface area contributed by atoms with Gasteiger partial charge in [0.05, 0.1) is 16.6 Å². The highest BCUT2D eigenvalue weighted by Gasteiger charge is 2.27. The largest absolute Gasteiger partial charge is 0.465 e. The topological polar surface area (TPSA) is 96.8 Å². The number of amides is 1. The minimum Gasteiger partial charge on any atom is -0.465 e. The molecule has 4 aromatic rings. The number of anilines is 1. The van der Waals surface area contributed by atoms with E-state index >= 15 is 0 Å². The number of carboxylic acid groups (broad SMARTS) is 1. The first-order valence-corrected chi connectivity index (χ1v) is 9.14. The van der Waals surface area contributed by atoms with Gasteiger partial charge in [-0.15, -0.1) is 5.10 Å². The fourth-order valence-corrected chi connectivity index (χ4v) is 4.14. The lowest BCUT2D eigenvalue weighted by atomic mass is 10.2. The van der Waals surface area contributed by atoms with E-state index in [4.69, 9.17) is 4.52 Å². The number of thiazole rings is 1. The zero-order valence-electron chi connectivity index (χ0n) is 14.9. The van der Waals surface area contributed by atoms with Crippen LogP contribution in [0.3, 0.4) is 0 Å². The molecule has 8 nitrogen and oxygen atoms in total. The van der Waals surface area contributed by atoms with E-state index in [0.29, 0.717) is 27.9 Å². The van der Waals surface area contributed by atoms with E-state index in [1.165, 1.54) is 16.2 Å². The SMILES string of the molecule is Cc1cc(-c2nc3sc(C(C)N(C(=O)O)c4ccccc4)c(C)n3n2)no1. The van der Waals surface area contributed by atoms with Crippen molar-refractivity contribution in [1.29, 1.82) is 0 Å². The van der Waals surface area contributed by atoms with Crippen molar-refractivity contribution in [3.63, 3.8) is 0 Å². The molecule has 0 saturated heterocycles. The molecule has 1 amide bonds. The van der Waals surface area contributed by atoms with Crippen LogP contribution in [-0.2, 0) is 0 Å². The summed E-state index contributed by atoms with van der Waals surface area (Å²) in [4.78, 5) is 19.3. The van der Waals surface area contributed by atoms with Crippen LogP contribution in [0, 0.1) is 13.8 Å². The molecule has 0 saturated carbocycles. The number of nitrogens with zero attached hydrogens (tertiary/aromatic N) is 5. The lowest BCUT2D eigenvalue weighted by Crippen LogP contribution is -2.32. The third kappa shape index (κ3) is 2.95. The van der Waals surface area contributed by atoms with E-state index in [0.717, 1.165) is 10.6 Å². The molecule has 0 aliphatic heterocycles. The van der Waals surface area contributed by atoms with Crippen LogP contribution in [-0.4, -0.2) is 31.0 Å². The van der Waals surface area contributed by atoms with Crippen LogP contribution in [0.1, 0.15) is 29.3 Å². The molecular formula is C18H17N5O3S. The van der Waals surface area contributed by atoms with Gasteiger partial charge in [0.25, 0.3) is 0 Å². The first kappa shape index (κ1) is 17.2. The Balaban J connectivity index is 1.73. The number of benzene rings is 1. The van der Waals surface area contributed by atoms with Crippen molar-refractivity contribution in [2.75, 3.05) is 4.90 Å². The van der Waals surface area contributed by atoms with Crippen LogP contribution >= 0.6 is 11.3 Å². The second-order valence-electron chi connectivity index (χ2n) is 6.17. The van der Waals surface area contributed by atoms with E-state index in [-0.39, 0.29) is 6.04 Å². The Morgan fingerprint density at radius 3 is 2.63 bits per heavy atom. The summed E-state index contributed by atoms with van der Waals surface area (Å²) >= 11 is 1.42. The van der Waals surface area contributed by atoms with Gasteiger partial charge in [-0.2, -0.15) is 4.98 Å². The molecule has 9 heteroatoms. The summed E-state index contributed by atoms with van der Waals surface area (Å²) in [5, 5.41) is 18.2. The van der Waals surface area contributed by atoms with Gasteiger partial charge < -0.3 is 9.63 Å². The van der Waals surface area contributed by atoms with E-state index in [1.807, 2.05) is 39.0 Å². The lowest BCUT2D eigenvalue weighted by molar-refractivity contribution is 0.199. The lowest BCUT2D eigenvalue weighted by Gasteiger charge is -2.26. The van der Waals surface area contributed by atoms with Gasteiger partial charge in [0.15, 0.2) is 5.69 Å². The zero-order chi connectivity index (χ0) is 19.1. The summed E-state index contributed by atoms with van der Waals surface area (Å²) in [6, 6.07) is 10.5. The van der Waals surface area contributed by atoms with Gasteiger partial charge in [0, 0.05) is 11.8 Å². The predicted molar refractivity (Wildman–Crippen MR) is 101 cm³/mol. The second kappa shape index (κ2) is 6.51. The number of aryl methyl sites for hydroxylation is 2. The Kier molecular flexibility index (Phi) is 4.15. The van der Waals surface area contributed by atoms with E-state index in [9.17, 15) is 9.90 Å². The highest BCUT2D eigenvalue weighted by atomic mass is 32.1. The molecular weight excluding hydrogens is 366 g/mol. The summed E-state index contributed by atoms with van der Waals surface area (Å²) in [5.74, 6) is 1.17.